The van der Waals surface area contributed by atoms with Gasteiger partial charge in [0, 0.05) is 16.6 Å². The molecule has 0 saturated heterocycles. The number of nitrogens with one attached hydrogen (secondary N) is 1. The summed E-state index contributed by atoms with van der Waals surface area (Å²) in [5.41, 5.74) is 1.99. The topological polar surface area (TPSA) is 42.2 Å². The molecule has 3 nitrogen and oxygen atoms in total. The minimum atomic E-state index is -0.345. The van der Waals surface area contributed by atoms with Gasteiger partial charge in [-0.25, -0.2) is 4.39 Å². The van der Waals surface area contributed by atoms with Gasteiger partial charge in [0.1, 0.15) is 11.4 Å². The summed E-state index contributed by atoms with van der Waals surface area (Å²) < 4.78 is 18.4. The van der Waals surface area contributed by atoms with Crippen molar-refractivity contribution in [2.45, 2.75) is 6.92 Å². The Morgan fingerprint density at radius 2 is 1.80 bits per heavy atom. The number of hydrogen-bond acceptors (Lipinski definition) is 2. The van der Waals surface area contributed by atoms with Crippen LogP contribution in [0.25, 0.3) is 11.0 Å². The lowest BCUT2D eigenvalue weighted by molar-refractivity contribution is 0.0998. The minimum Gasteiger partial charge on any atom is -0.451 e. The van der Waals surface area contributed by atoms with Gasteiger partial charge in [-0.15, -0.1) is 0 Å². The van der Waals surface area contributed by atoms with Gasteiger partial charge in [0.25, 0.3) is 5.91 Å². The van der Waals surface area contributed by atoms with Gasteiger partial charge in [-0.3, -0.25) is 4.79 Å². The lowest BCUT2D eigenvalue weighted by Crippen LogP contribution is -2.12. The number of amides is 1. The van der Waals surface area contributed by atoms with Crippen LogP contribution in [-0.4, -0.2) is 5.91 Å². The van der Waals surface area contributed by atoms with E-state index in [0.717, 1.165) is 10.9 Å². The van der Waals surface area contributed by atoms with E-state index in [2.05, 4.69) is 5.32 Å². The summed E-state index contributed by atoms with van der Waals surface area (Å²) in [5, 5.41) is 3.60. The second-order valence-corrected chi connectivity index (χ2v) is 4.51. The Balaban J connectivity index is 1.92. The first kappa shape index (κ1) is 12.4. The first-order valence-corrected chi connectivity index (χ1v) is 6.20. The van der Waals surface area contributed by atoms with Crippen LogP contribution in [0.15, 0.2) is 52.9 Å². The molecule has 3 rings (SSSR count). The molecule has 100 valence electrons. The van der Waals surface area contributed by atoms with Gasteiger partial charge in [0.15, 0.2) is 5.76 Å². The zero-order chi connectivity index (χ0) is 14.1. The molecule has 0 unspecified atom stereocenters. The Hall–Kier alpha value is -2.62. The normalized spacial score (nSPS) is 10.7. The standard InChI is InChI=1S/C16H12FNO2/c1-10-13-4-2-3-5-14(13)20-15(10)16(19)18-12-8-6-11(17)7-9-12/h2-9H,1H3,(H,18,19). The molecular formula is C16H12FNO2. The quantitative estimate of drug-likeness (QED) is 0.760. The van der Waals surface area contributed by atoms with E-state index in [0.29, 0.717) is 11.3 Å². The predicted molar refractivity (Wildman–Crippen MR) is 75.3 cm³/mol. The molecule has 0 saturated carbocycles. The molecule has 0 fully saturated rings. The molecule has 2 aromatic carbocycles. The zero-order valence-electron chi connectivity index (χ0n) is 10.8. The molecule has 0 aliphatic heterocycles. The van der Waals surface area contributed by atoms with Crippen molar-refractivity contribution >= 4 is 22.6 Å². The van der Waals surface area contributed by atoms with Crippen LogP contribution in [0.1, 0.15) is 16.1 Å². The number of hydrogen-bond donors (Lipinski definition) is 1. The average Bonchev–Trinajstić information content (AvgIpc) is 2.79. The lowest BCUT2D eigenvalue weighted by atomic mass is 10.1. The number of fused-ring (bicyclic) bond motifs is 1. The van der Waals surface area contributed by atoms with Crippen molar-refractivity contribution in [2.24, 2.45) is 0 Å². The summed E-state index contributed by atoms with van der Waals surface area (Å²) in [4.78, 5) is 12.2. The van der Waals surface area contributed by atoms with E-state index in [1.54, 1.807) is 0 Å². The van der Waals surface area contributed by atoms with Crippen molar-refractivity contribution in [3.05, 3.63) is 65.7 Å². The van der Waals surface area contributed by atoms with Gasteiger partial charge in [0.2, 0.25) is 0 Å². The van der Waals surface area contributed by atoms with Crippen LogP contribution < -0.4 is 5.32 Å². The largest absolute Gasteiger partial charge is 0.451 e. The van der Waals surface area contributed by atoms with Crippen LogP contribution in [0, 0.1) is 12.7 Å². The van der Waals surface area contributed by atoms with Gasteiger partial charge in [0.05, 0.1) is 0 Å². The maximum Gasteiger partial charge on any atom is 0.291 e. The van der Waals surface area contributed by atoms with E-state index in [4.69, 9.17) is 4.42 Å². The van der Waals surface area contributed by atoms with Gasteiger partial charge < -0.3 is 9.73 Å². The number of anilines is 1. The van der Waals surface area contributed by atoms with E-state index in [1.165, 1.54) is 24.3 Å². The van der Waals surface area contributed by atoms with Crippen LogP contribution in [0.5, 0.6) is 0 Å². The Morgan fingerprint density at radius 3 is 2.50 bits per heavy atom. The third-order valence-electron chi connectivity index (χ3n) is 3.15. The highest BCUT2D eigenvalue weighted by molar-refractivity contribution is 6.06. The van der Waals surface area contributed by atoms with Crippen LogP contribution in [-0.2, 0) is 0 Å². The maximum absolute atomic E-state index is 12.8. The number of rotatable bonds is 2. The molecule has 20 heavy (non-hydrogen) atoms. The Labute approximate surface area is 115 Å². The van der Waals surface area contributed by atoms with Crippen molar-refractivity contribution in [1.29, 1.82) is 0 Å². The predicted octanol–water partition coefficient (Wildman–Crippen LogP) is 4.13. The summed E-state index contributed by atoms with van der Waals surface area (Å²) >= 11 is 0. The van der Waals surface area contributed by atoms with Crippen LogP contribution in [0.3, 0.4) is 0 Å². The van der Waals surface area contributed by atoms with E-state index < -0.39 is 0 Å². The maximum atomic E-state index is 12.8. The monoisotopic (exact) mass is 269 g/mol. The molecule has 0 spiro atoms. The second-order valence-electron chi connectivity index (χ2n) is 4.51. The van der Waals surface area contributed by atoms with E-state index in [9.17, 15) is 9.18 Å². The number of aryl methyl sites for hydroxylation is 1. The van der Waals surface area contributed by atoms with Crippen molar-refractivity contribution in [3.63, 3.8) is 0 Å². The van der Waals surface area contributed by atoms with E-state index in [1.807, 2.05) is 31.2 Å². The van der Waals surface area contributed by atoms with E-state index in [-0.39, 0.29) is 17.5 Å². The second kappa shape index (κ2) is 4.81. The number of carbonyl (C=O) groups excluding carboxylic acids is 1. The van der Waals surface area contributed by atoms with Crippen molar-refractivity contribution in [3.8, 4) is 0 Å². The summed E-state index contributed by atoms with van der Waals surface area (Å²) in [6.45, 7) is 1.84. The number of halogens is 1. The highest BCUT2D eigenvalue weighted by atomic mass is 19.1. The molecule has 0 bridgehead atoms. The summed E-state index contributed by atoms with van der Waals surface area (Å²) in [5.74, 6) is -0.413. The fourth-order valence-corrected chi connectivity index (χ4v) is 2.11. The Morgan fingerprint density at radius 1 is 1.10 bits per heavy atom. The fraction of sp³-hybridized carbons (Fsp3) is 0.0625. The Kier molecular flexibility index (Phi) is 2.99. The number of carbonyl (C=O) groups is 1. The number of para-hydroxylation sites is 1. The fourth-order valence-electron chi connectivity index (χ4n) is 2.11. The molecule has 4 heteroatoms. The molecule has 0 atom stereocenters. The lowest BCUT2D eigenvalue weighted by Gasteiger charge is -2.03. The molecule has 0 aliphatic carbocycles. The summed E-state index contributed by atoms with van der Waals surface area (Å²) in [7, 11) is 0. The number of furan rings is 1. The molecule has 1 heterocycles. The molecular weight excluding hydrogens is 257 g/mol. The van der Waals surface area contributed by atoms with Gasteiger partial charge in [-0.2, -0.15) is 0 Å². The summed E-state index contributed by atoms with van der Waals surface area (Å²) in [6, 6.07) is 13.1. The van der Waals surface area contributed by atoms with Gasteiger partial charge in [-0.1, -0.05) is 18.2 Å². The number of benzene rings is 2. The van der Waals surface area contributed by atoms with Gasteiger partial charge >= 0.3 is 0 Å². The minimum absolute atomic E-state index is 0.274. The smallest absolute Gasteiger partial charge is 0.291 e. The van der Waals surface area contributed by atoms with Crippen LogP contribution in [0.4, 0.5) is 10.1 Å². The molecule has 0 radical (unpaired) electrons. The highest BCUT2D eigenvalue weighted by Gasteiger charge is 2.17. The third kappa shape index (κ3) is 2.16. The first-order chi connectivity index (χ1) is 9.65. The van der Waals surface area contributed by atoms with Crippen molar-refractivity contribution < 1.29 is 13.6 Å². The van der Waals surface area contributed by atoms with Crippen molar-refractivity contribution in [1.82, 2.24) is 0 Å². The molecule has 1 N–H and O–H groups in total. The molecule has 3 aromatic rings. The van der Waals surface area contributed by atoms with E-state index >= 15 is 0 Å². The highest BCUT2D eigenvalue weighted by Crippen LogP contribution is 2.25. The van der Waals surface area contributed by atoms with Gasteiger partial charge in [-0.05, 0) is 37.3 Å². The van der Waals surface area contributed by atoms with Crippen molar-refractivity contribution in [2.75, 3.05) is 5.32 Å². The first-order valence-electron chi connectivity index (χ1n) is 6.20. The summed E-state index contributed by atoms with van der Waals surface area (Å²) in [6.07, 6.45) is 0. The Bertz CT molecular complexity index is 775. The molecule has 1 aromatic heterocycles. The third-order valence-corrected chi connectivity index (χ3v) is 3.15. The zero-order valence-corrected chi connectivity index (χ0v) is 10.8. The molecule has 1 amide bonds. The average molecular weight is 269 g/mol. The SMILES string of the molecule is Cc1c(C(=O)Nc2ccc(F)cc2)oc2ccccc12. The van der Waals surface area contributed by atoms with Crippen LogP contribution >= 0.6 is 0 Å². The van der Waals surface area contributed by atoms with Crippen LogP contribution in [0.2, 0.25) is 0 Å². The molecule has 0 aliphatic rings.